The lowest BCUT2D eigenvalue weighted by Gasteiger charge is -2.24. The van der Waals surface area contributed by atoms with Crippen molar-refractivity contribution in [3.8, 4) is 0 Å². The molecule has 0 saturated carbocycles. The van der Waals surface area contributed by atoms with Crippen molar-refractivity contribution in [3.63, 3.8) is 0 Å². The second-order valence-electron chi connectivity index (χ2n) is 4.73. The van der Waals surface area contributed by atoms with Gasteiger partial charge in [0.15, 0.2) is 0 Å². The lowest BCUT2D eigenvalue weighted by atomic mass is 10.2. The molecule has 1 N–H and O–H groups in total. The van der Waals surface area contributed by atoms with E-state index in [0.29, 0.717) is 6.04 Å². The molecule has 0 fully saturated rings. The molecule has 0 heterocycles. The van der Waals surface area contributed by atoms with Gasteiger partial charge in [-0.2, -0.15) is 0 Å². The monoisotopic (exact) mass is 250 g/mol. The first kappa shape index (κ1) is 15.0. The average Bonchev–Trinajstić information content (AvgIpc) is 2.36. The molecule has 0 spiro atoms. The zero-order valence-corrected chi connectivity index (χ0v) is 12.1. The number of anilines is 1. The highest BCUT2D eigenvalue weighted by molar-refractivity contribution is 5.47. The highest BCUT2D eigenvalue weighted by atomic mass is 16.5. The van der Waals surface area contributed by atoms with E-state index < -0.39 is 0 Å². The first-order chi connectivity index (χ1) is 8.67. The van der Waals surface area contributed by atoms with Crippen LogP contribution in [0, 0.1) is 6.92 Å². The van der Waals surface area contributed by atoms with Crippen molar-refractivity contribution in [2.45, 2.75) is 26.8 Å². The van der Waals surface area contributed by atoms with Crippen molar-refractivity contribution < 1.29 is 4.74 Å². The molecular formula is C15H26N2O. The largest absolute Gasteiger partial charge is 0.383 e. The zero-order chi connectivity index (χ0) is 13.4. The van der Waals surface area contributed by atoms with Gasteiger partial charge in [0.2, 0.25) is 0 Å². The van der Waals surface area contributed by atoms with Gasteiger partial charge in [-0.05, 0) is 32.9 Å². The van der Waals surface area contributed by atoms with Gasteiger partial charge in [-0.1, -0.05) is 17.7 Å². The fourth-order valence-corrected chi connectivity index (χ4v) is 1.98. The number of hydrogen-bond donors (Lipinski definition) is 1. The number of rotatable bonds is 8. The summed E-state index contributed by atoms with van der Waals surface area (Å²) in [6.07, 6.45) is 0. The second-order valence-corrected chi connectivity index (χ2v) is 4.73. The molecule has 0 radical (unpaired) electrons. The smallest absolute Gasteiger partial charge is 0.0613 e. The number of aryl methyl sites for hydroxylation is 1. The van der Waals surface area contributed by atoms with Crippen LogP contribution in [0.2, 0.25) is 0 Å². The van der Waals surface area contributed by atoms with E-state index in [1.54, 1.807) is 7.11 Å². The van der Waals surface area contributed by atoms with Crippen molar-refractivity contribution in [2.75, 3.05) is 38.3 Å². The number of likely N-dealkylation sites (N-methyl/N-ethyl adjacent to an activating group) is 1. The maximum absolute atomic E-state index is 5.11. The third-order valence-electron chi connectivity index (χ3n) is 3.07. The van der Waals surface area contributed by atoms with Gasteiger partial charge in [-0.3, -0.25) is 0 Å². The van der Waals surface area contributed by atoms with Crippen LogP contribution in [0.5, 0.6) is 0 Å². The van der Waals surface area contributed by atoms with E-state index >= 15 is 0 Å². The molecule has 102 valence electrons. The van der Waals surface area contributed by atoms with Crippen LogP contribution in [0.4, 0.5) is 5.69 Å². The summed E-state index contributed by atoms with van der Waals surface area (Å²) >= 11 is 0. The van der Waals surface area contributed by atoms with Crippen molar-refractivity contribution in [3.05, 3.63) is 29.8 Å². The molecule has 0 amide bonds. The number of methoxy groups -OCH3 is 1. The van der Waals surface area contributed by atoms with Gasteiger partial charge in [0.25, 0.3) is 0 Å². The van der Waals surface area contributed by atoms with Gasteiger partial charge in [0.05, 0.1) is 6.61 Å². The van der Waals surface area contributed by atoms with E-state index in [-0.39, 0.29) is 0 Å². The van der Waals surface area contributed by atoms with Gasteiger partial charge in [-0.25, -0.2) is 0 Å². The number of ether oxygens (including phenoxy) is 1. The molecule has 0 saturated heterocycles. The average molecular weight is 250 g/mol. The number of benzene rings is 1. The molecule has 3 nitrogen and oxygen atoms in total. The van der Waals surface area contributed by atoms with Gasteiger partial charge in [0.1, 0.15) is 0 Å². The van der Waals surface area contributed by atoms with Gasteiger partial charge in [0, 0.05) is 38.5 Å². The molecule has 1 rings (SSSR count). The van der Waals surface area contributed by atoms with Crippen LogP contribution in [0.3, 0.4) is 0 Å². The fourth-order valence-electron chi connectivity index (χ4n) is 1.98. The van der Waals surface area contributed by atoms with E-state index in [1.165, 1.54) is 11.3 Å². The predicted molar refractivity (Wildman–Crippen MR) is 78.4 cm³/mol. The standard InChI is InChI=1S/C15H26N2O/c1-5-17(11-10-16-14(3)12-18-4)15-8-6-13(2)7-9-15/h6-9,14,16H,5,10-12H2,1-4H3. The van der Waals surface area contributed by atoms with Crippen LogP contribution in [0.15, 0.2) is 24.3 Å². The van der Waals surface area contributed by atoms with Crippen LogP contribution in [-0.4, -0.2) is 39.4 Å². The minimum Gasteiger partial charge on any atom is -0.383 e. The van der Waals surface area contributed by atoms with Gasteiger partial charge >= 0.3 is 0 Å². The van der Waals surface area contributed by atoms with Crippen molar-refractivity contribution in [1.82, 2.24) is 5.32 Å². The Hall–Kier alpha value is -1.06. The summed E-state index contributed by atoms with van der Waals surface area (Å²) in [5.41, 5.74) is 2.60. The van der Waals surface area contributed by atoms with Crippen molar-refractivity contribution >= 4 is 5.69 Å². The summed E-state index contributed by atoms with van der Waals surface area (Å²) in [7, 11) is 1.74. The van der Waals surface area contributed by atoms with E-state index in [9.17, 15) is 0 Å². The topological polar surface area (TPSA) is 24.5 Å². The van der Waals surface area contributed by atoms with Crippen molar-refractivity contribution in [2.24, 2.45) is 0 Å². The molecular weight excluding hydrogens is 224 g/mol. The maximum atomic E-state index is 5.11. The SMILES string of the molecule is CCN(CCNC(C)COC)c1ccc(C)cc1. The van der Waals surface area contributed by atoms with Crippen molar-refractivity contribution in [1.29, 1.82) is 0 Å². The Morgan fingerprint density at radius 1 is 1.28 bits per heavy atom. The zero-order valence-electron chi connectivity index (χ0n) is 12.1. The first-order valence-electron chi connectivity index (χ1n) is 6.71. The van der Waals surface area contributed by atoms with Gasteiger partial charge < -0.3 is 15.0 Å². The second kappa shape index (κ2) is 8.11. The van der Waals surface area contributed by atoms with Crippen LogP contribution in [0.1, 0.15) is 19.4 Å². The van der Waals surface area contributed by atoms with E-state index in [2.05, 4.69) is 55.3 Å². The molecule has 18 heavy (non-hydrogen) atoms. The maximum Gasteiger partial charge on any atom is 0.0613 e. The summed E-state index contributed by atoms with van der Waals surface area (Å²) in [4.78, 5) is 2.38. The van der Waals surface area contributed by atoms with Crippen LogP contribution < -0.4 is 10.2 Å². The summed E-state index contributed by atoms with van der Waals surface area (Å²) in [5, 5.41) is 3.46. The van der Waals surface area contributed by atoms with E-state index in [1.807, 2.05) is 0 Å². The molecule has 1 atom stereocenters. The Morgan fingerprint density at radius 3 is 2.50 bits per heavy atom. The summed E-state index contributed by atoms with van der Waals surface area (Å²) in [5.74, 6) is 0. The Bertz CT molecular complexity index is 324. The minimum atomic E-state index is 0.409. The van der Waals surface area contributed by atoms with Crippen LogP contribution >= 0.6 is 0 Å². The predicted octanol–water partition coefficient (Wildman–Crippen LogP) is 2.45. The lowest BCUT2D eigenvalue weighted by molar-refractivity contribution is 0.172. The summed E-state index contributed by atoms with van der Waals surface area (Å²) in [6.45, 7) is 10.2. The van der Waals surface area contributed by atoms with E-state index in [0.717, 1.165) is 26.2 Å². The molecule has 0 aliphatic heterocycles. The number of hydrogen-bond acceptors (Lipinski definition) is 3. The third-order valence-corrected chi connectivity index (χ3v) is 3.07. The fraction of sp³-hybridized carbons (Fsp3) is 0.600. The highest BCUT2D eigenvalue weighted by Gasteiger charge is 2.05. The quantitative estimate of drug-likeness (QED) is 0.767. The molecule has 0 aliphatic rings. The number of nitrogens with one attached hydrogen (secondary N) is 1. The summed E-state index contributed by atoms with van der Waals surface area (Å²) in [6, 6.07) is 9.12. The molecule has 0 aliphatic carbocycles. The Morgan fingerprint density at radius 2 is 1.94 bits per heavy atom. The molecule has 0 bridgehead atoms. The molecule has 1 unspecified atom stereocenters. The molecule has 1 aromatic carbocycles. The van der Waals surface area contributed by atoms with Gasteiger partial charge in [-0.15, -0.1) is 0 Å². The third kappa shape index (κ3) is 5.07. The molecule has 3 heteroatoms. The first-order valence-corrected chi connectivity index (χ1v) is 6.71. The summed E-state index contributed by atoms with van der Waals surface area (Å²) < 4.78 is 5.11. The van der Waals surface area contributed by atoms with E-state index in [4.69, 9.17) is 4.74 Å². The minimum absolute atomic E-state index is 0.409. The number of nitrogens with zero attached hydrogens (tertiary/aromatic N) is 1. The Balaban J connectivity index is 2.40. The van der Waals surface area contributed by atoms with Crippen LogP contribution in [0.25, 0.3) is 0 Å². The Labute approximate surface area is 111 Å². The molecule has 1 aromatic rings. The van der Waals surface area contributed by atoms with Crippen LogP contribution in [-0.2, 0) is 4.74 Å². The Kier molecular flexibility index (Phi) is 6.76. The normalized spacial score (nSPS) is 12.4. The lowest BCUT2D eigenvalue weighted by Crippen LogP contribution is -2.37. The molecule has 0 aromatic heterocycles. The highest BCUT2D eigenvalue weighted by Crippen LogP contribution is 2.14.